The Morgan fingerprint density at radius 1 is 1.43 bits per heavy atom. The van der Waals surface area contributed by atoms with Crippen molar-refractivity contribution in [1.82, 2.24) is 4.98 Å². The van der Waals surface area contributed by atoms with E-state index in [0.29, 0.717) is 6.61 Å². The van der Waals surface area contributed by atoms with Gasteiger partial charge in [-0.1, -0.05) is 24.3 Å². The molecule has 2 aromatic rings. The van der Waals surface area contributed by atoms with Gasteiger partial charge in [0, 0.05) is 24.0 Å². The van der Waals surface area contributed by atoms with Crippen LogP contribution in [0.2, 0.25) is 0 Å². The third-order valence-electron chi connectivity index (χ3n) is 3.84. The molecule has 1 atom stereocenters. The summed E-state index contributed by atoms with van der Waals surface area (Å²) in [6, 6.07) is 10.0. The molecule has 1 saturated heterocycles. The van der Waals surface area contributed by atoms with E-state index in [1.165, 1.54) is 0 Å². The zero-order valence-electron chi connectivity index (χ0n) is 12.0. The molecular formula is C17H20N2O2. The van der Waals surface area contributed by atoms with Gasteiger partial charge in [0.1, 0.15) is 5.82 Å². The van der Waals surface area contributed by atoms with Crippen LogP contribution in [0, 0.1) is 0 Å². The number of rotatable bonds is 5. The average Bonchev–Trinajstić information content (AvgIpc) is 3.00. The minimum Gasteiger partial charge on any atom is -0.392 e. The lowest BCUT2D eigenvalue weighted by molar-refractivity contribution is 0.0908. The molecule has 0 radical (unpaired) electrons. The first-order chi connectivity index (χ1) is 10.3. The Labute approximate surface area is 124 Å². The van der Waals surface area contributed by atoms with E-state index < -0.39 is 0 Å². The molecule has 0 amide bonds. The number of aliphatic hydroxyl groups is 1. The third kappa shape index (κ3) is 2.91. The summed E-state index contributed by atoms with van der Waals surface area (Å²) in [6.45, 7) is 5.97. The first-order valence-corrected chi connectivity index (χ1v) is 7.29. The molecule has 1 aliphatic rings. The lowest BCUT2D eigenvalue weighted by Crippen LogP contribution is -2.25. The molecule has 1 aromatic carbocycles. The lowest BCUT2D eigenvalue weighted by Gasteiger charge is -2.21. The minimum atomic E-state index is 0.00183. The summed E-state index contributed by atoms with van der Waals surface area (Å²) in [5.41, 5.74) is 1.83. The summed E-state index contributed by atoms with van der Waals surface area (Å²) in [5.74, 6) is 0.876. The number of anilines is 1. The van der Waals surface area contributed by atoms with Gasteiger partial charge < -0.3 is 14.7 Å². The summed E-state index contributed by atoms with van der Waals surface area (Å²) in [6.07, 6.45) is 2.96. The molecule has 0 saturated carbocycles. The number of aliphatic hydroxyl groups excluding tert-OH is 1. The molecule has 1 aliphatic heterocycles. The molecule has 21 heavy (non-hydrogen) atoms. The van der Waals surface area contributed by atoms with Gasteiger partial charge in [-0.15, -0.1) is 6.58 Å². The van der Waals surface area contributed by atoms with Crippen LogP contribution in [0.25, 0.3) is 10.9 Å². The highest BCUT2D eigenvalue weighted by Crippen LogP contribution is 2.27. The SMILES string of the molecule is C=CCOC1CCN(c2nc3ccccc3cc2CO)C1. The van der Waals surface area contributed by atoms with Gasteiger partial charge in [-0.2, -0.15) is 0 Å². The van der Waals surface area contributed by atoms with E-state index in [1.54, 1.807) is 6.08 Å². The summed E-state index contributed by atoms with van der Waals surface area (Å²) >= 11 is 0. The highest BCUT2D eigenvalue weighted by Gasteiger charge is 2.25. The van der Waals surface area contributed by atoms with Crippen LogP contribution < -0.4 is 4.90 Å². The highest BCUT2D eigenvalue weighted by atomic mass is 16.5. The lowest BCUT2D eigenvalue weighted by atomic mass is 10.1. The molecule has 4 nitrogen and oxygen atoms in total. The number of benzene rings is 1. The van der Waals surface area contributed by atoms with Gasteiger partial charge in [0.25, 0.3) is 0 Å². The Balaban J connectivity index is 1.87. The standard InChI is InChI=1S/C17H20N2O2/c1-2-9-21-15-7-8-19(11-15)17-14(12-20)10-13-5-3-4-6-16(13)18-17/h2-6,10,15,20H,1,7-9,11-12H2. The Hall–Kier alpha value is -1.91. The molecule has 3 rings (SSSR count). The van der Waals surface area contributed by atoms with Crippen LogP contribution in [-0.2, 0) is 11.3 Å². The van der Waals surface area contributed by atoms with E-state index in [9.17, 15) is 5.11 Å². The van der Waals surface area contributed by atoms with E-state index in [2.05, 4.69) is 11.5 Å². The second-order valence-electron chi connectivity index (χ2n) is 5.30. The Bertz CT molecular complexity index is 642. The van der Waals surface area contributed by atoms with Crippen molar-refractivity contribution < 1.29 is 9.84 Å². The molecule has 1 aromatic heterocycles. The Kier molecular flexibility index (Phi) is 4.18. The van der Waals surface area contributed by atoms with Crippen molar-refractivity contribution in [3.05, 3.63) is 48.6 Å². The van der Waals surface area contributed by atoms with Gasteiger partial charge in [0.05, 0.1) is 24.8 Å². The number of para-hydroxylation sites is 1. The monoisotopic (exact) mass is 284 g/mol. The van der Waals surface area contributed by atoms with Gasteiger partial charge in [0.2, 0.25) is 0 Å². The average molecular weight is 284 g/mol. The van der Waals surface area contributed by atoms with Crippen LogP contribution in [0.3, 0.4) is 0 Å². The normalized spacial score (nSPS) is 18.3. The van der Waals surface area contributed by atoms with Crippen LogP contribution in [0.15, 0.2) is 43.0 Å². The number of pyridine rings is 1. The first kappa shape index (κ1) is 14.0. The highest BCUT2D eigenvalue weighted by molar-refractivity contribution is 5.81. The second-order valence-corrected chi connectivity index (χ2v) is 5.30. The maximum absolute atomic E-state index is 9.63. The van der Waals surface area contributed by atoms with Crippen LogP contribution in [0.1, 0.15) is 12.0 Å². The smallest absolute Gasteiger partial charge is 0.134 e. The van der Waals surface area contributed by atoms with Gasteiger partial charge in [-0.05, 0) is 18.6 Å². The van der Waals surface area contributed by atoms with Crippen molar-refractivity contribution in [3.63, 3.8) is 0 Å². The topological polar surface area (TPSA) is 45.6 Å². The van der Waals surface area contributed by atoms with Crippen LogP contribution >= 0.6 is 0 Å². The molecule has 0 aliphatic carbocycles. The van der Waals surface area contributed by atoms with E-state index in [4.69, 9.17) is 9.72 Å². The maximum atomic E-state index is 9.63. The third-order valence-corrected chi connectivity index (χ3v) is 3.84. The van der Waals surface area contributed by atoms with Gasteiger partial charge in [0.15, 0.2) is 0 Å². The number of fused-ring (bicyclic) bond motifs is 1. The van der Waals surface area contributed by atoms with Crippen molar-refractivity contribution in [2.75, 3.05) is 24.6 Å². The fourth-order valence-corrected chi connectivity index (χ4v) is 2.80. The predicted octanol–water partition coefficient (Wildman–Crippen LogP) is 2.51. The number of nitrogens with zero attached hydrogens (tertiary/aromatic N) is 2. The molecular weight excluding hydrogens is 264 g/mol. The fraction of sp³-hybridized carbons (Fsp3) is 0.353. The summed E-state index contributed by atoms with van der Waals surface area (Å²) in [4.78, 5) is 6.93. The number of hydrogen-bond donors (Lipinski definition) is 1. The van der Waals surface area contributed by atoms with E-state index >= 15 is 0 Å². The van der Waals surface area contributed by atoms with Crippen LogP contribution in [-0.4, -0.2) is 35.9 Å². The number of aromatic nitrogens is 1. The molecule has 1 N–H and O–H groups in total. The van der Waals surface area contributed by atoms with Crippen molar-refractivity contribution >= 4 is 16.7 Å². The minimum absolute atomic E-state index is 0.00183. The maximum Gasteiger partial charge on any atom is 0.134 e. The molecule has 1 fully saturated rings. The zero-order valence-corrected chi connectivity index (χ0v) is 12.0. The van der Waals surface area contributed by atoms with Gasteiger partial charge in [-0.3, -0.25) is 0 Å². The number of hydrogen-bond acceptors (Lipinski definition) is 4. The van der Waals surface area contributed by atoms with E-state index in [-0.39, 0.29) is 12.7 Å². The largest absolute Gasteiger partial charge is 0.392 e. The van der Waals surface area contributed by atoms with Crippen molar-refractivity contribution in [3.8, 4) is 0 Å². The van der Waals surface area contributed by atoms with Crippen molar-refractivity contribution in [2.45, 2.75) is 19.1 Å². The summed E-state index contributed by atoms with van der Waals surface area (Å²) in [7, 11) is 0. The molecule has 0 spiro atoms. The Morgan fingerprint density at radius 3 is 3.10 bits per heavy atom. The van der Waals surface area contributed by atoms with Gasteiger partial charge in [-0.25, -0.2) is 4.98 Å². The molecule has 4 heteroatoms. The second kappa shape index (κ2) is 6.24. The molecule has 1 unspecified atom stereocenters. The predicted molar refractivity (Wildman–Crippen MR) is 84.4 cm³/mol. The van der Waals surface area contributed by atoms with Crippen molar-refractivity contribution in [2.24, 2.45) is 0 Å². The molecule has 110 valence electrons. The summed E-state index contributed by atoms with van der Waals surface area (Å²) < 4.78 is 5.71. The van der Waals surface area contributed by atoms with Crippen molar-refractivity contribution in [1.29, 1.82) is 0 Å². The first-order valence-electron chi connectivity index (χ1n) is 7.29. The van der Waals surface area contributed by atoms with E-state index in [0.717, 1.165) is 41.8 Å². The van der Waals surface area contributed by atoms with E-state index in [1.807, 2.05) is 30.3 Å². The quantitative estimate of drug-likeness (QED) is 0.857. The Morgan fingerprint density at radius 2 is 2.29 bits per heavy atom. The van der Waals surface area contributed by atoms with Crippen LogP contribution in [0.4, 0.5) is 5.82 Å². The molecule has 0 bridgehead atoms. The number of ether oxygens (including phenoxy) is 1. The fourth-order valence-electron chi connectivity index (χ4n) is 2.80. The zero-order chi connectivity index (χ0) is 14.7. The summed E-state index contributed by atoms with van der Waals surface area (Å²) in [5, 5.41) is 10.7. The molecule has 2 heterocycles. The van der Waals surface area contributed by atoms with Crippen LogP contribution in [0.5, 0.6) is 0 Å². The van der Waals surface area contributed by atoms with Gasteiger partial charge >= 0.3 is 0 Å².